The first-order valence-corrected chi connectivity index (χ1v) is 7.27. The Morgan fingerprint density at radius 2 is 1.84 bits per heavy atom. The van der Waals surface area contributed by atoms with E-state index in [2.05, 4.69) is 60.6 Å². The molecule has 1 aromatic carbocycles. The third-order valence-electron chi connectivity index (χ3n) is 5.92. The van der Waals surface area contributed by atoms with Crippen LogP contribution in [0, 0.1) is 31.1 Å². The molecule has 1 nitrogen and oxygen atoms in total. The van der Waals surface area contributed by atoms with Gasteiger partial charge in [0.15, 0.2) is 0 Å². The lowest BCUT2D eigenvalue weighted by Crippen LogP contribution is -2.33. The van der Waals surface area contributed by atoms with Gasteiger partial charge in [-0.1, -0.05) is 40.7 Å². The van der Waals surface area contributed by atoms with Crippen LogP contribution < -0.4 is 0 Å². The molecular weight excluding hydrogens is 230 g/mol. The Kier molecular flexibility index (Phi) is 3.05. The minimum Gasteiger partial charge on any atom is -0.192 e. The van der Waals surface area contributed by atoms with Crippen molar-refractivity contribution in [1.82, 2.24) is 0 Å². The first-order chi connectivity index (χ1) is 8.71. The molecule has 0 saturated carbocycles. The molecule has 0 aliphatic heterocycles. The van der Waals surface area contributed by atoms with Gasteiger partial charge in [0.25, 0.3) is 0 Å². The molecule has 2 rings (SSSR count). The van der Waals surface area contributed by atoms with Crippen LogP contribution in [-0.4, -0.2) is 0 Å². The number of benzene rings is 1. The zero-order valence-corrected chi connectivity index (χ0v) is 13.3. The molecule has 0 amide bonds. The number of hydrogen-bond acceptors (Lipinski definition) is 1. The summed E-state index contributed by atoms with van der Waals surface area (Å²) in [6.45, 7) is 15.9. The van der Waals surface area contributed by atoms with E-state index in [4.69, 9.17) is 0 Å². The standard InChI is InChI=1S/C18H25N/c1-8-18(7)13(4)17(5,6)15-9-11(2)14(10-19)12(3)16(15)18/h9,13H,8H2,1-7H3. The molecule has 2 atom stereocenters. The highest BCUT2D eigenvalue weighted by molar-refractivity contribution is 5.59. The van der Waals surface area contributed by atoms with Crippen LogP contribution in [0.3, 0.4) is 0 Å². The van der Waals surface area contributed by atoms with Gasteiger partial charge < -0.3 is 0 Å². The van der Waals surface area contributed by atoms with Crippen molar-refractivity contribution in [2.45, 2.75) is 65.7 Å². The Labute approximate surface area is 117 Å². The number of nitrogens with zero attached hydrogens (tertiary/aromatic N) is 1. The average Bonchev–Trinajstić information content (AvgIpc) is 2.50. The molecule has 0 radical (unpaired) electrons. The van der Waals surface area contributed by atoms with Gasteiger partial charge in [-0.3, -0.25) is 0 Å². The smallest absolute Gasteiger partial charge is 0.0997 e. The zero-order valence-electron chi connectivity index (χ0n) is 13.3. The second-order valence-corrected chi connectivity index (χ2v) is 6.94. The lowest BCUT2D eigenvalue weighted by molar-refractivity contribution is 0.239. The van der Waals surface area contributed by atoms with Crippen LogP contribution in [0.2, 0.25) is 0 Å². The first-order valence-electron chi connectivity index (χ1n) is 7.27. The quantitative estimate of drug-likeness (QED) is 0.709. The normalized spacial score (nSPS) is 28.0. The predicted octanol–water partition coefficient (Wildman–Crippen LogP) is 4.77. The Balaban J connectivity index is 2.90. The van der Waals surface area contributed by atoms with Gasteiger partial charge in [0.05, 0.1) is 11.6 Å². The molecule has 1 aromatic rings. The molecule has 0 N–H and O–H groups in total. The van der Waals surface area contributed by atoms with E-state index in [1.165, 1.54) is 16.7 Å². The largest absolute Gasteiger partial charge is 0.192 e. The highest BCUT2D eigenvalue weighted by atomic mass is 14.5. The van der Waals surface area contributed by atoms with Crippen LogP contribution in [0.25, 0.3) is 0 Å². The zero-order chi connectivity index (χ0) is 14.6. The van der Waals surface area contributed by atoms with Gasteiger partial charge in [0.1, 0.15) is 0 Å². The monoisotopic (exact) mass is 255 g/mol. The number of rotatable bonds is 1. The molecule has 1 aliphatic rings. The minimum atomic E-state index is 0.183. The van der Waals surface area contributed by atoms with Crippen molar-refractivity contribution in [2.75, 3.05) is 0 Å². The molecule has 0 heterocycles. The van der Waals surface area contributed by atoms with Crippen molar-refractivity contribution >= 4 is 0 Å². The first kappa shape index (κ1) is 14.1. The summed E-state index contributed by atoms with van der Waals surface area (Å²) in [4.78, 5) is 0. The lowest BCUT2D eigenvalue weighted by Gasteiger charge is -2.35. The summed E-state index contributed by atoms with van der Waals surface area (Å²) in [7, 11) is 0. The van der Waals surface area contributed by atoms with Crippen molar-refractivity contribution in [3.05, 3.63) is 33.9 Å². The fourth-order valence-electron chi connectivity index (χ4n) is 4.13. The fraction of sp³-hybridized carbons (Fsp3) is 0.611. The summed E-state index contributed by atoms with van der Waals surface area (Å²) in [5.41, 5.74) is 6.47. The van der Waals surface area contributed by atoms with Gasteiger partial charge in [-0.2, -0.15) is 5.26 Å². The second kappa shape index (κ2) is 4.10. The Bertz CT molecular complexity index is 574. The van der Waals surface area contributed by atoms with E-state index in [1.54, 1.807) is 0 Å². The Morgan fingerprint density at radius 3 is 2.32 bits per heavy atom. The molecule has 0 saturated heterocycles. The topological polar surface area (TPSA) is 23.8 Å². The Morgan fingerprint density at radius 1 is 1.26 bits per heavy atom. The maximum atomic E-state index is 9.42. The van der Waals surface area contributed by atoms with E-state index in [-0.39, 0.29) is 10.8 Å². The summed E-state index contributed by atoms with van der Waals surface area (Å²) in [5.74, 6) is 0.590. The highest BCUT2D eigenvalue weighted by Crippen LogP contribution is 2.56. The molecule has 1 heteroatoms. The highest BCUT2D eigenvalue weighted by Gasteiger charge is 2.51. The van der Waals surface area contributed by atoms with E-state index >= 15 is 0 Å². The molecule has 0 aromatic heterocycles. The van der Waals surface area contributed by atoms with E-state index in [1.807, 2.05) is 0 Å². The third kappa shape index (κ3) is 1.59. The van der Waals surface area contributed by atoms with Crippen LogP contribution in [0.15, 0.2) is 6.07 Å². The molecule has 0 bridgehead atoms. The van der Waals surface area contributed by atoms with Crippen molar-refractivity contribution in [3.63, 3.8) is 0 Å². The summed E-state index contributed by atoms with van der Waals surface area (Å²) < 4.78 is 0. The van der Waals surface area contributed by atoms with Crippen LogP contribution in [-0.2, 0) is 10.8 Å². The van der Waals surface area contributed by atoms with Crippen LogP contribution in [0.4, 0.5) is 0 Å². The molecule has 0 spiro atoms. The Hall–Kier alpha value is -1.29. The van der Waals surface area contributed by atoms with Crippen molar-refractivity contribution < 1.29 is 0 Å². The SMILES string of the molecule is CCC1(C)c2c(cc(C)c(C#N)c2C)C(C)(C)C1C. The maximum Gasteiger partial charge on any atom is 0.0997 e. The summed E-state index contributed by atoms with van der Waals surface area (Å²) in [6.07, 6.45) is 1.12. The van der Waals surface area contributed by atoms with Gasteiger partial charge >= 0.3 is 0 Å². The maximum absolute atomic E-state index is 9.42. The van der Waals surface area contributed by atoms with Gasteiger partial charge in [0.2, 0.25) is 0 Å². The third-order valence-corrected chi connectivity index (χ3v) is 5.92. The summed E-state index contributed by atoms with van der Waals surface area (Å²) in [5, 5.41) is 9.42. The molecule has 102 valence electrons. The molecule has 19 heavy (non-hydrogen) atoms. The molecule has 2 unspecified atom stereocenters. The van der Waals surface area contributed by atoms with E-state index in [0.29, 0.717) is 5.92 Å². The molecular formula is C18H25N. The van der Waals surface area contributed by atoms with Crippen LogP contribution >= 0.6 is 0 Å². The van der Waals surface area contributed by atoms with Gasteiger partial charge in [-0.05, 0) is 59.3 Å². The fourth-order valence-corrected chi connectivity index (χ4v) is 4.13. The number of aryl methyl sites for hydroxylation is 1. The molecule has 0 fully saturated rings. The second-order valence-electron chi connectivity index (χ2n) is 6.94. The van der Waals surface area contributed by atoms with E-state index in [9.17, 15) is 5.26 Å². The van der Waals surface area contributed by atoms with Gasteiger partial charge in [0, 0.05) is 0 Å². The van der Waals surface area contributed by atoms with E-state index in [0.717, 1.165) is 17.5 Å². The predicted molar refractivity (Wildman–Crippen MR) is 80.5 cm³/mol. The number of fused-ring (bicyclic) bond motifs is 1. The van der Waals surface area contributed by atoms with Crippen LogP contribution in [0.5, 0.6) is 0 Å². The minimum absolute atomic E-state index is 0.183. The summed E-state index contributed by atoms with van der Waals surface area (Å²) in [6, 6.07) is 4.66. The average molecular weight is 255 g/mol. The summed E-state index contributed by atoms with van der Waals surface area (Å²) >= 11 is 0. The molecule has 1 aliphatic carbocycles. The van der Waals surface area contributed by atoms with Crippen LogP contribution in [0.1, 0.15) is 68.9 Å². The lowest BCUT2D eigenvalue weighted by atomic mass is 9.68. The van der Waals surface area contributed by atoms with Crippen molar-refractivity contribution in [2.24, 2.45) is 5.92 Å². The van der Waals surface area contributed by atoms with Crippen molar-refractivity contribution in [3.8, 4) is 6.07 Å². The number of hydrogen-bond donors (Lipinski definition) is 0. The van der Waals surface area contributed by atoms with E-state index < -0.39 is 0 Å². The van der Waals surface area contributed by atoms with Gasteiger partial charge in [-0.15, -0.1) is 0 Å². The number of nitriles is 1. The van der Waals surface area contributed by atoms with Crippen molar-refractivity contribution in [1.29, 1.82) is 5.26 Å². The van der Waals surface area contributed by atoms with Gasteiger partial charge in [-0.25, -0.2) is 0 Å².